The normalized spacial score (nSPS) is 11.2. The van der Waals surface area contributed by atoms with Crippen molar-refractivity contribution in [3.8, 4) is 16.9 Å². The van der Waals surface area contributed by atoms with E-state index < -0.39 is 23.8 Å². The first-order chi connectivity index (χ1) is 9.76. The second-order valence-electron chi connectivity index (χ2n) is 4.13. The molecule has 0 aliphatic heterocycles. The van der Waals surface area contributed by atoms with Gasteiger partial charge < -0.3 is 10.5 Å². The van der Waals surface area contributed by atoms with E-state index in [2.05, 4.69) is 4.74 Å². The zero-order valence-electron chi connectivity index (χ0n) is 10.4. The summed E-state index contributed by atoms with van der Waals surface area (Å²) in [6.45, 7) is 0. The highest BCUT2D eigenvalue weighted by Crippen LogP contribution is 2.31. The molecule has 0 radical (unpaired) electrons. The average Bonchev–Trinajstić information content (AvgIpc) is 2.37. The molecule has 0 aromatic heterocycles. The van der Waals surface area contributed by atoms with E-state index in [0.29, 0.717) is 5.56 Å². The molecule has 0 saturated heterocycles. The number of halogens is 4. The molecule has 0 aliphatic carbocycles. The van der Waals surface area contributed by atoms with Gasteiger partial charge in [-0.15, -0.1) is 13.2 Å². The molecule has 0 saturated carbocycles. The first-order valence-electron chi connectivity index (χ1n) is 5.72. The third-order valence-corrected chi connectivity index (χ3v) is 2.65. The molecule has 2 N–H and O–H groups in total. The van der Waals surface area contributed by atoms with E-state index in [4.69, 9.17) is 5.73 Å². The minimum absolute atomic E-state index is 0.0103. The molecule has 0 unspecified atom stereocenters. The molecule has 3 nitrogen and oxygen atoms in total. The number of hydrogen-bond acceptors (Lipinski definition) is 2. The molecule has 0 aliphatic rings. The van der Waals surface area contributed by atoms with Crippen LogP contribution in [0.1, 0.15) is 10.4 Å². The average molecular weight is 299 g/mol. The summed E-state index contributed by atoms with van der Waals surface area (Å²) in [5.74, 6) is -1.82. The summed E-state index contributed by atoms with van der Waals surface area (Å²) in [6, 6.07) is 8.04. The van der Waals surface area contributed by atoms with Crippen molar-refractivity contribution in [1.82, 2.24) is 0 Å². The van der Waals surface area contributed by atoms with Crippen LogP contribution in [0.5, 0.6) is 5.75 Å². The van der Waals surface area contributed by atoms with Crippen molar-refractivity contribution in [3.05, 3.63) is 53.8 Å². The van der Waals surface area contributed by atoms with Gasteiger partial charge in [0.2, 0.25) is 5.91 Å². The second kappa shape index (κ2) is 5.43. The highest BCUT2D eigenvalue weighted by atomic mass is 19.4. The number of carbonyl (C=O) groups excluding carboxylic acids is 1. The van der Waals surface area contributed by atoms with Gasteiger partial charge >= 0.3 is 6.36 Å². The Hall–Kier alpha value is -2.57. The van der Waals surface area contributed by atoms with Crippen molar-refractivity contribution in [2.75, 3.05) is 0 Å². The van der Waals surface area contributed by atoms with E-state index in [-0.39, 0.29) is 11.1 Å². The van der Waals surface area contributed by atoms with E-state index in [1.54, 1.807) is 0 Å². The van der Waals surface area contributed by atoms with Gasteiger partial charge in [0.05, 0.1) is 0 Å². The molecule has 7 heteroatoms. The van der Waals surface area contributed by atoms with Gasteiger partial charge in [0.25, 0.3) is 0 Å². The predicted molar refractivity (Wildman–Crippen MR) is 67.0 cm³/mol. The van der Waals surface area contributed by atoms with Crippen LogP contribution in [0.3, 0.4) is 0 Å². The van der Waals surface area contributed by atoms with Crippen LogP contribution in [-0.2, 0) is 0 Å². The molecule has 1 amide bonds. The Labute approximate surface area is 116 Å². The molecule has 2 aromatic rings. The second-order valence-corrected chi connectivity index (χ2v) is 4.13. The van der Waals surface area contributed by atoms with Crippen molar-refractivity contribution in [1.29, 1.82) is 0 Å². The molecule has 0 bridgehead atoms. The molecule has 0 fully saturated rings. The van der Waals surface area contributed by atoms with E-state index in [0.717, 1.165) is 30.3 Å². The lowest BCUT2D eigenvalue weighted by molar-refractivity contribution is -0.274. The Morgan fingerprint density at radius 1 is 1.05 bits per heavy atom. The smallest absolute Gasteiger partial charge is 0.406 e. The third-order valence-electron chi connectivity index (χ3n) is 2.65. The van der Waals surface area contributed by atoms with Crippen molar-refractivity contribution >= 4 is 5.91 Å². The van der Waals surface area contributed by atoms with Crippen LogP contribution < -0.4 is 10.5 Å². The van der Waals surface area contributed by atoms with Gasteiger partial charge in [-0.1, -0.05) is 12.1 Å². The number of nitrogens with two attached hydrogens (primary N) is 1. The summed E-state index contributed by atoms with van der Waals surface area (Å²) in [7, 11) is 0. The summed E-state index contributed by atoms with van der Waals surface area (Å²) in [4.78, 5) is 11.3. The monoisotopic (exact) mass is 299 g/mol. The van der Waals surface area contributed by atoms with E-state index in [1.165, 1.54) is 12.1 Å². The van der Waals surface area contributed by atoms with E-state index >= 15 is 0 Å². The number of carbonyl (C=O) groups is 1. The lowest BCUT2D eigenvalue weighted by Crippen LogP contribution is -2.18. The maximum atomic E-state index is 12.9. The minimum atomic E-state index is -4.85. The molecule has 0 atom stereocenters. The zero-order valence-corrected chi connectivity index (χ0v) is 10.4. The largest absolute Gasteiger partial charge is 0.573 e. The van der Waals surface area contributed by atoms with Crippen LogP contribution in [0.2, 0.25) is 0 Å². The summed E-state index contributed by atoms with van der Waals surface area (Å²) in [5, 5.41) is 0. The first kappa shape index (κ1) is 14.8. The van der Waals surface area contributed by atoms with E-state index in [1.807, 2.05) is 0 Å². The quantitative estimate of drug-likeness (QED) is 0.882. The maximum Gasteiger partial charge on any atom is 0.573 e. The van der Waals surface area contributed by atoms with Crippen LogP contribution in [-0.4, -0.2) is 12.3 Å². The highest BCUT2D eigenvalue weighted by molar-refractivity contribution is 6.00. The van der Waals surface area contributed by atoms with Crippen LogP contribution in [0.4, 0.5) is 17.6 Å². The zero-order chi connectivity index (χ0) is 15.6. The number of amides is 1. The van der Waals surface area contributed by atoms with Crippen molar-refractivity contribution in [2.24, 2.45) is 5.73 Å². The lowest BCUT2D eigenvalue weighted by atomic mass is 9.99. The summed E-state index contributed by atoms with van der Waals surface area (Å²) in [6.07, 6.45) is -4.85. The van der Waals surface area contributed by atoms with Crippen molar-refractivity contribution in [2.45, 2.75) is 6.36 Å². The number of rotatable bonds is 3. The molecule has 21 heavy (non-hydrogen) atoms. The van der Waals surface area contributed by atoms with Crippen LogP contribution >= 0.6 is 0 Å². The van der Waals surface area contributed by atoms with Crippen LogP contribution in [0, 0.1) is 5.82 Å². The van der Waals surface area contributed by atoms with Gasteiger partial charge in [0.15, 0.2) is 0 Å². The van der Waals surface area contributed by atoms with E-state index in [9.17, 15) is 22.4 Å². The molecule has 2 aromatic carbocycles. The summed E-state index contributed by atoms with van der Waals surface area (Å²) >= 11 is 0. The van der Waals surface area contributed by atoms with Gasteiger partial charge in [-0.2, -0.15) is 0 Å². The third kappa shape index (κ3) is 3.71. The Balaban J connectivity index is 2.52. The standard InChI is InChI=1S/C14H9F4NO2/c15-9-3-1-8(2-4-9)12-7-10(21-14(16,17)18)5-6-11(12)13(19)20/h1-7H,(H2,19,20). The molecule has 110 valence electrons. The number of alkyl halides is 3. The number of primary amides is 1. The number of ether oxygens (including phenoxy) is 1. The Morgan fingerprint density at radius 3 is 2.19 bits per heavy atom. The fourth-order valence-corrected chi connectivity index (χ4v) is 1.80. The fourth-order valence-electron chi connectivity index (χ4n) is 1.80. The minimum Gasteiger partial charge on any atom is -0.406 e. The van der Waals surface area contributed by atoms with Gasteiger partial charge in [0, 0.05) is 5.56 Å². The highest BCUT2D eigenvalue weighted by Gasteiger charge is 2.31. The Morgan fingerprint density at radius 2 is 1.67 bits per heavy atom. The Bertz CT molecular complexity index is 666. The molecular weight excluding hydrogens is 290 g/mol. The number of hydrogen-bond donors (Lipinski definition) is 1. The maximum absolute atomic E-state index is 12.9. The lowest BCUT2D eigenvalue weighted by Gasteiger charge is -2.12. The van der Waals surface area contributed by atoms with Gasteiger partial charge in [-0.05, 0) is 41.5 Å². The molecule has 0 spiro atoms. The van der Waals surface area contributed by atoms with Gasteiger partial charge in [-0.3, -0.25) is 4.79 Å². The Kier molecular flexibility index (Phi) is 3.84. The molecule has 0 heterocycles. The topological polar surface area (TPSA) is 52.3 Å². The first-order valence-corrected chi connectivity index (χ1v) is 5.72. The molecule has 2 rings (SSSR count). The SMILES string of the molecule is NC(=O)c1ccc(OC(F)(F)F)cc1-c1ccc(F)cc1. The number of benzene rings is 2. The van der Waals surface area contributed by atoms with Gasteiger partial charge in [0.1, 0.15) is 11.6 Å². The van der Waals surface area contributed by atoms with Crippen LogP contribution in [0.25, 0.3) is 11.1 Å². The summed E-state index contributed by atoms with van der Waals surface area (Å²) in [5.41, 5.74) is 5.67. The van der Waals surface area contributed by atoms with Crippen LogP contribution in [0.15, 0.2) is 42.5 Å². The van der Waals surface area contributed by atoms with Crippen molar-refractivity contribution < 1.29 is 27.1 Å². The summed E-state index contributed by atoms with van der Waals surface area (Å²) < 4.78 is 53.4. The fraction of sp³-hybridized carbons (Fsp3) is 0.0714. The van der Waals surface area contributed by atoms with Gasteiger partial charge in [-0.25, -0.2) is 4.39 Å². The molecular formula is C14H9F4NO2. The van der Waals surface area contributed by atoms with Crippen molar-refractivity contribution in [3.63, 3.8) is 0 Å². The predicted octanol–water partition coefficient (Wildman–Crippen LogP) is 3.49.